The van der Waals surface area contributed by atoms with E-state index in [-0.39, 0.29) is 19.3 Å². The number of esters is 3. The van der Waals surface area contributed by atoms with E-state index in [1.165, 1.54) is 51.4 Å². The quantitative estimate of drug-likeness (QED) is 0.0146. The molecule has 18 heteroatoms. The van der Waals surface area contributed by atoms with E-state index < -0.39 is 91.5 Å². The summed E-state index contributed by atoms with van der Waals surface area (Å²) in [7, 11) is -9.76. The molecule has 0 spiro atoms. The van der Waals surface area contributed by atoms with E-state index in [0.29, 0.717) is 19.3 Å². The van der Waals surface area contributed by atoms with E-state index in [1.807, 2.05) is 0 Å². The number of phosphoric ester groups is 2. The summed E-state index contributed by atoms with van der Waals surface area (Å²) < 4.78 is 60.7. The minimum atomic E-state index is -4.92. The fourth-order valence-electron chi connectivity index (χ4n) is 8.19. The van der Waals surface area contributed by atoms with E-state index in [0.717, 1.165) is 141 Å². The van der Waals surface area contributed by atoms with Crippen molar-refractivity contribution >= 4 is 33.6 Å². The van der Waals surface area contributed by atoms with Crippen molar-refractivity contribution in [2.45, 2.75) is 270 Å². The average Bonchev–Trinajstić information content (AvgIpc) is 3.44. The second-order valence-electron chi connectivity index (χ2n) is 20.8. The van der Waals surface area contributed by atoms with Gasteiger partial charge in [0.2, 0.25) is 0 Å². The standard InChI is InChI=1S/C63H112O16P2/c1-4-7-10-13-16-19-22-25-27-28-30-33-34-37-40-43-46-49-61(66)73-52-58(64)53-75-80(69,70)76-54-59(65)55-77-81(71,72)78-57-60(79-63(68)51-48-45-42-39-36-31-24-21-18-15-12-9-6-3)56-74-62(67)50-47-44-41-38-35-32-29-26-23-20-17-14-11-8-5-2/h7-8,10-11,16-17,19-20,25-27,29,58-60,64-65H,4-6,9,12-15,18,21-24,28,30-57H2,1-3H3,(H,69,70)(H,71,72)/b10-7-,11-8-,19-16-,20-17-,27-25-,29-26-. The molecule has 4 N–H and O–H groups in total. The molecule has 0 aromatic carbocycles. The van der Waals surface area contributed by atoms with Gasteiger partial charge in [-0.2, -0.15) is 0 Å². The van der Waals surface area contributed by atoms with E-state index in [4.69, 9.17) is 32.3 Å². The predicted octanol–water partition coefficient (Wildman–Crippen LogP) is 16.4. The Bertz CT molecular complexity index is 1780. The number of ether oxygens (including phenoxy) is 3. The van der Waals surface area contributed by atoms with Crippen molar-refractivity contribution in [1.29, 1.82) is 0 Å². The van der Waals surface area contributed by atoms with Crippen LogP contribution in [-0.4, -0.2) is 95.9 Å². The third-order valence-corrected chi connectivity index (χ3v) is 14.8. The van der Waals surface area contributed by atoms with Gasteiger partial charge in [-0.1, -0.05) is 222 Å². The molecule has 5 atom stereocenters. The van der Waals surface area contributed by atoms with Crippen LogP contribution in [0.2, 0.25) is 0 Å². The van der Waals surface area contributed by atoms with Gasteiger partial charge in [0, 0.05) is 19.3 Å². The minimum Gasteiger partial charge on any atom is -0.463 e. The number of hydrogen-bond acceptors (Lipinski definition) is 14. The van der Waals surface area contributed by atoms with Gasteiger partial charge in [0.05, 0.1) is 26.4 Å². The Hall–Kier alpha value is -3.01. The lowest BCUT2D eigenvalue weighted by Crippen LogP contribution is -2.30. The summed E-state index contributed by atoms with van der Waals surface area (Å²) in [6.45, 7) is 2.41. The van der Waals surface area contributed by atoms with Gasteiger partial charge in [0.25, 0.3) is 0 Å². The number of allylic oxidation sites excluding steroid dienone is 12. The van der Waals surface area contributed by atoms with Gasteiger partial charge >= 0.3 is 33.6 Å². The number of rotatable bonds is 59. The highest BCUT2D eigenvalue weighted by molar-refractivity contribution is 7.47. The van der Waals surface area contributed by atoms with Crippen LogP contribution in [0.5, 0.6) is 0 Å². The third-order valence-electron chi connectivity index (χ3n) is 12.9. The van der Waals surface area contributed by atoms with Crippen LogP contribution in [0.4, 0.5) is 0 Å². The Morgan fingerprint density at radius 3 is 1.04 bits per heavy atom. The third kappa shape index (κ3) is 58.6. The number of carbonyl (C=O) groups is 3. The lowest BCUT2D eigenvalue weighted by Gasteiger charge is -2.21. The SMILES string of the molecule is CC/C=C\C/C=C\C/C=C\CCCCCCCCCC(=O)OCC(O)COP(=O)(O)OCC(O)COP(=O)(O)OCC(COC(=O)CCCCCCC/C=C\C/C=C\C/C=C\CC)OC(=O)CCCCCCCCCCCCCCC. The topological polar surface area (TPSA) is 231 Å². The molecule has 470 valence electrons. The van der Waals surface area contributed by atoms with E-state index in [9.17, 15) is 43.5 Å². The molecule has 0 heterocycles. The first-order valence-electron chi connectivity index (χ1n) is 31.2. The highest BCUT2D eigenvalue weighted by Gasteiger charge is 2.29. The Balaban J connectivity index is 4.67. The van der Waals surface area contributed by atoms with Gasteiger partial charge in [0.15, 0.2) is 6.10 Å². The average molecular weight is 1190 g/mol. The van der Waals surface area contributed by atoms with E-state index in [1.54, 1.807) is 0 Å². The minimum absolute atomic E-state index is 0.104. The maximum atomic E-state index is 12.9. The Labute approximate surface area is 490 Å². The molecule has 0 saturated heterocycles. The first kappa shape index (κ1) is 78.0. The lowest BCUT2D eigenvalue weighted by molar-refractivity contribution is -0.161. The number of aliphatic hydroxyl groups excluding tert-OH is 2. The molecule has 0 radical (unpaired) electrons. The summed E-state index contributed by atoms with van der Waals surface area (Å²) in [4.78, 5) is 58.1. The molecule has 16 nitrogen and oxygen atoms in total. The van der Waals surface area contributed by atoms with Crippen LogP contribution in [0.15, 0.2) is 72.9 Å². The van der Waals surface area contributed by atoms with Crippen molar-refractivity contribution in [2.24, 2.45) is 0 Å². The first-order chi connectivity index (χ1) is 39.2. The zero-order valence-corrected chi connectivity index (χ0v) is 52.2. The largest absolute Gasteiger partial charge is 0.472 e. The molecular formula is C63H112O16P2. The van der Waals surface area contributed by atoms with Crippen LogP contribution in [0, 0.1) is 0 Å². The van der Waals surface area contributed by atoms with Crippen LogP contribution < -0.4 is 0 Å². The molecule has 0 amide bonds. The normalized spacial score (nSPS) is 14.9. The van der Waals surface area contributed by atoms with E-state index in [2.05, 4.69) is 93.7 Å². The fraction of sp³-hybridized carbons (Fsp3) is 0.762. The summed E-state index contributed by atoms with van der Waals surface area (Å²) in [6.07, 6.45) is 56.8. The molecule has 0 aromatic heterocycles. The monoisotopic (exact) mass is 1190 g/mol. The smallest absolute Gasteiger partial charge is 0.463 e. The van der Waals surface area contributed by atoms with Crippen molar-refractivity contribution in [3.8, 4) is 0 Å². The molecule has 0 aliphatic carbocycles. The second kappa shape index (κ2) is 57.4. The van der Waals surface area contributed by atoms with Gasteiger partial charge in [-0.05, 0) is 83.5 Å². The molecule has 0 saturated carbocycles. The van der Waals surface area contributed by atoms with Crippen LogP contribution >= 0.6 is 15.6 Å². The maximum absolute atomic E-state index is 12.9. The van der Waals surface area contributed by atoms with Crippen LogP contribution in [0.1, 0.15) is 252 Å². The van der Waals surface area contributed by atoms with Crippen LogP contribution in [0.3, 0.4) is 0 Å². The number of unbranched alkanes of at least 4 members (excludes halogenated alkanes) is 24. The molecular weight excluding hydrogens is 1070 g/mol. The molecule has 0 aromatic rings. The lowest BCUT2D eigenvalue weighted by atomic mass is 10.0. The molecule has 81 heavy (non-hydrogen) atoms. The summed E-state index contributed by atoms with van der Waals surface area (Å²) in [5.74, 6) is -1.60. The Morgan fingerprint density at radius 1 is 0.358 bits per heavy atom. The second-order valence-corrected chi connectivity index (χ2v) is 23.7. The molecule has 0 bridgehead atoms. The van der Waals surface area contributed by atoms with Crippen molar-refractivity contribution in [3.63, 3.8) is 0 Å². The van der Waals surface area contributed by atoms with Gasteiger partial charge < -0.3 is 34.2 Å². The number of hydrogen-bond donors (Lipinski definition) is 4. The van der Waals surface area contributed by atoms with Gasteiger partial charge in [-0.25, -0.2) is 9.13 Å². The van der Waals surface area contributed by atoms with Crippen molar-refractivity contribution < 1.29 is 75.8 Å². The van der Waals surface area contributed by atoms with E-state index >= 15 is 0 Å². The number of carbonyl (C=O) groups excluding carboxylic acids is 3. The summed E-state index contributed by atoms with van der Waals surface area (Å²) in [5.41, 5.74) is 0. The van der Waals surface area contributed by atoms with Gasteiger partial charge in [0.1, 0.15) is 25.4 Å². The first-order valence-corrected chi connectivity index (χ1v) is 34.2. The zero-order chi connectivity index (χ0) is 59.6. The number of phosphoric acid groups is 2. The Morgan fingerprint density at radius 2 is 0.654 bits per heavy atom. The number of aliphatic hydroxyl groups is 2. The molecule has 0 aliphatic rings. The summed E-state index contributed by atoms with van der Waals surface area (Å²) in [6, 6.07) is 0. The summed E-state index contributed by atoms with van der Waals surface area (Å²) >= 11 is 0. The summed E-state index contributed by atoms with van der Waals surface area (Å²) in [5, 5.41) is 20.5. The van der Waals surface area contributed by atoms with Gasteiger partial charge in [-0.15, -0.1) is 0 Å². The van der Waals surface area contributed by atoms with Crippen molar-refractivity contribution in [2.75, 3.05) is 39.6 Å². The highest BCUT2D eigenvalue weighted by Crippen LogP contribution is 2.45. The van der Waals surface area contributed by atoms with Crippen molar-refractivity contribution in [3.05, 3.63) is 72.9 Å². The van der Waals surface area contributed by atoms with Crippen LogP contribution in [0.25, 0.3) is 0 Å². The predicted molar refractivity (Wildman–Crippen MR) is 325 cm³/mol. The molecule has 0 rings (SSSR count). The fourth-order valence-corrected chi connectivity index (χ4v) is 9.77. The molecule has 0 fully saturated rings. The Kier molecular flexibility index (Phi) is 55.3. The zero-order valence-electron chi connectivity index (χ0n) is 50.4. The highest BCUT2D eigenvalue weighted by atomic mass is 31.2. The molecule has 0 aliphatic heterocycles. The van der Waals surface area contributed by atoms with Gasteiger partial charge in [-0.3, -0.25) is 32.5 Å². The van der Waals surface area contributed by atoms with Crippen LogP contribution in [-0.2, 0) is 55.8 Å². The maximum Gasteiger partial charge on any atom is 0.472 e. The molecule has 5 unspecified atom stereocenters. The van der Waals surface area contributed by atoms with Crippen molar-refractivity contribution in [1.82, 2.24) is 0 Å².